The van der Waals surface area contributed by atoms with E-state index >= 15 is 0 Å². The molecule has 0 saturated carbocycles. The third kappa shape index (κ3) is 5.09. The molecule has 1 heterocycles. The van der Waals surface area contributed by atoms with Crippen molar-refractivity contribution in [3.63, 3.8) is 0 Å². The Morgan fingerprint density at radius 1 is 1.32 bits per heavy atom. The smallest absolute Gasteiger partial charge is 0.310 e. The molecular formula is C19H17F2N5O4S. The monoisotopic (exact) mass is 449 g/mol. The Hall–Kier alpha value is -3.67. The third-order valence-corrected chi connectivity index (χ3v) is 4.46. The number of nitrogens with one attached hydrogen (secondary N) is 1. The van der Waals surface area contributed by atoms with Crippen LogP contribution < -0.4 is 9.47 Å². The fourth-order valence-electron chi connectivity index (χ4n) is 2.72. The van der Waals surface area contributed by atoms with Gasteiger partial charge in [-0.15, -0.1) is 0 Å². The van der Waals surface area contributed by atoms with Gasteiger partial charge in [-0.1, -0.05) is 6.07 Å². The van der Waals surface area contributed by atoms with Crippen LogP contribution in [0.4, 0.5) is 14.5 Å². The Balaban J connectivity index is 1.87. The number of aromatic nitrogens is 3. The average Bonchev–Trinajstić information content (AvgIpc) is 3.11. The molecule has 3 aromatic rings. The molecule has 9 nitrogen and oxygen atoms in total. The topological polar surface area (TPSA) is 108 Å². The molecule has 0 fully saturated rings. The summed E-state index contributed by atoms with van der Waals surface area (Å²) in [5.41, 5.74) is 1.77. The second kappa shape index (κ2) is 9.43. The molecule has 0 aliphatic heterocycles. The number of rotatable bonds is 8. The first-order valence-corrected chi connectivity index (χ1v) is 9.25. The van der Waals surface area contributed by atoms with E-state index in [-0.39, 0.29) is 22.8 Å². The number of ether oxygens (including phenoxy) is 2. The zero-order valence-electron chi connectivity index (χ0n) is 16.4. The van der Waals surface area contributed by atoms with E-state index < -0.39 is 17.2 Å². The quantitative estimate of drug-likeness (QED) is 0.234. The molecule has 162 valence electrons. The maximum atomic E-state index is 13.0. The van der Waals surface area contributed by atoms with Gasteiger partial charge in [0.2, 0.25) is 10.6 Å². The molecule has 0 amide bonds. The minimum absolute atomic E-state index is 0.0252. The van der Waals surface area contributed by atoms with Crippen molar-refractivity contribution < 1.29 is 23.2 Å². The minimum Gasteiger partial charge on any atom is -0.496 e. The van der Waals surface area contributed by atoms with Crippen LogP contribution in [0.15, 0.2) is 41.5 Å². The summed E-state index contributed by atoms with van der Waals surface area (Å²) in [7, 11) is 1.47. The standard InChI is InChI=1S/C19H17F2N5O4S/c1-11-3-5-14(26(27)28)16(7-11)30-10-13-8-12(4-6-15(13)29-2)9-22-25-18(17(20)21)23-24-19(25)31/h3-9,17H,10H2,1-2H3,(H,24,31). The van der Waals surface area contributed by atoms with E-state index in [0.717, 1.165) is 10.2 Å². The highest BCUT2D eigenvalue weighted by molar-refractivity contribution is 7.71. The van der Waals surface area contributed by atoms with Gasteiger partial charge in [-0.05, 0) is 54.5 Å². The number of aryl methyl sites for hydroxylation is 1. The summed E-state index contributed by atoms with van der Waals surface area (Å²) in [5, 5.41) is 20.9. The number of methoxy groups -OCH3 is 1. The van der Waals surface area contributed by atoms with Crippen LogP contribution in [0, 0.1) is 21.8 Å². The molecule has 0 saturated heterocycles. The van der Waals surface area contributed by atoms with Gasteiger partial charge >= 0.3 is 5.69 Å². The number of aromatic amines is 1. The van der Waals surface area contributed by atoms with Crippen LogP contribution in [0.3, 0.4) is 0 Å². The van der Waals surface area contributed by atoms with Crippen LogP contribution >= 0.6 is 12.2 Å². The SMILES string of the molecule is COc1ccc(C=Nn2c(C(F)F)n[nH]c2=S)cc1COc1cc(C)ccc1[N+](=O)[O-]. The van der Waals surface area contributed by atoms with Crippen LogP contribution in [0.25, 0.3) is 0 Å². The Bertz CT molecular complexity index is 1190. The molecule has 0 atom stereocenters. The highest BCUT2D eigenvalue weighted by atomic mass is 32.1. The Morgan fingerprint density at radius 2 is 2.10 bits per heavy atom. The van der Waals surface area contributed by atoms with Gasteiger partial charge in [0.25, 0.3) is 6.43 Å². The molecule has 12 heteroatoms. The molecule has 31 heavy (non-hydrogen) atoms. The lowest BCUT2D eigenvalue weighted by Crippen LogP contribution is -2.03. The molecule has 0 spiro atoms. The van der Waals surface area contributed by atoms with E-state index in [0.29, 0.717) is 16.9 Å². The van der Waals surface area contributed by atoms with E-state index in [4.69, 9.17) is 21.7 Å². The zero-order valence-corrected chi connectivity index (χ0v) is 17.2. The summed E-state index contributed by atoms with van der Waals surface area (Å²) in [4.78, 5) is 10.7. The largest absolute Gasteiger partial charge is 0.496 e. The van der Waals surface area contributed by atoms with E-state index in [9.17, 15) is 18.9 Å². The first-order chi connectivity index (χ1) is 14.8. The number of hydrogen-bond acceptors (Lipinski definition) is 7. The lowest BCUT2D eigenvalue weighted by atomic mass is 10.1. The molecule has 2 aromatic carbocycles. The maximum Gasteiger partial charge on any atom is 0.310 e. The molecule has 0 aliphatic carbocycles. The second-order valence-electron chi connectivity index (χ2n) is 6.33. The average molecular weight is 449 g/mol. The Kier molecular flexibility index (Phi) is 6.70. The van der Waals surface area contributed by atoms with Crippen LogP contribution in [-0.2, 0) is 6.61 Å². The van der Waals surface area contributed by atoms with Gasteiger partial charge in [0.15, 0.2) is 5.75 Å². The first kappa shape index (κ1) is 22.0. The number of nitrogens with zero attached hydrogens (tertiary/aromatic N) is 4. The van der Waals surface area contributed by atoms with Gasteiger partial charge in [0, 0.05) is 11.6 Å². The van der Waals surface area contributed by atoms with E-state index in [1.165, 1.54) is 19.4 Å². The highest BCUT2D eigenvalue weighted by Gasteiger charge is 2.17. The Labute approximate surface area is 180 Å². The Morgan fingerprint density at radius 3 is 2.77 bits per heavy atom. The van der Waals surface area contributed by atoms with Crippen molar-refractivity contribution in [2.45, 2.75) is 20.0 Å². The second-order valence-corrected chi connectivity index (χ2v) is 6.72. The number of H-pyrrole nitrogens is 1. The molecule has 0 radical (unpaired) electrons. The van der Waals surface area contributed by atoms with Crippen LogP contribution in [0.1, 0.15) is 28.9 Å². The molecule has 1 N–H and O–H groups in total. The van der Waals surface area contributed by atoms with Gasteiger partial charge in [0.05, 0.1) is 18.2 Å². The van der Waals surface area contributed by atoms with E-state index in [1.54, 1.807) is 37.3 Å². The third-order valence-electron chi connectivity index (χ3n) is 4.19. The fraction of sp³-hybridized carbons (Fsp3) is 0.211. The molecule has 0 aliphatic rings. The summed E-state index contributed by atoms with van der Waals surface area (Å²) < 4.78 is 37.8. The summed E-state index contributed by atoms with van der Waals surface area (Å²) in [6.07, 6.45) is -1.52. The van der Waals surface area contributed by atoms with Crippen molar-refractivity contribution in [3.05, 3.63) is 73.8 Å². The van der Waals surface area contributed by atoms with Crippen molar-refractivity contribution in [1.82, 2.24) is 14.9 Å². The number of halogens is 2. The maximum absolute atomic E-state index is 13.0. The van der Waals surface area contributed by atoms with Gasteiger partial charge in [-0.25, -0.2) is 13.9 Å². The molecule has 0 bridgehead atoms. The van der Waals surface area contributed by atoms with Crippen molar-refractivity contribution in [1.29, 1.82) is 0 Å². The summed E-state index contributed by atoms with van der Waals surface area (Å²) in [6.45, 7) is 1.77. The van der Waals surface area contributed by atoms with Crippen molar-refractivity contribution in [3.8, 4) is 11.5 Å². The number of nitro benzene ring substituents is 1. The van der Waals surface area contributed by atoms with Gasteiger partial charge in [0.1, 0.15) is 12.4 Å². The molecule has 3 rings (SSSR count). The number of alkyl halides is 2. The van der Waals surface area contributed by atoms with Gasteiger partial charge in [-0.2, -0.15) is 14.9 Å². The van der Waals surface area contributed by atoms with Crippen LogP contribution in [0.2, 0.25) is 0 Å². The summed E-state index contributed by atoms with van der Waals surface area (Å²) in [6, 6.07) is 9.54. The first-order valence-electron chi connectivity index (χ1n) is 8.84. The highest BCUT2D eigenvalue weighted by Crippen LogP contribution is 2.30. The lowest BCUT2D eigenvalue weighted by molar-refractivity contribution is -0.386. The van der Waals surface area contributed by atoms with Crippen molar-refractivity contribution in [2.24, 2.45) is 5.10 Å². The predicted octanol–water partition coefficient (Wildman–Crippen LogP) is 4.56. The number of nitro groups is 1. The summed E-state index contributed by atoms with van der Waals surface area (Å²) >= 11 is 4.92. The van der Waals surface area contributed by atoms with Crippen molar-refractivity contribution >= 4 is 24.1 Å². The number of benzene rings is 2. The zero-order chi connectivity index (χ0) is 22.5. The van der Waals surface area contributed by atoms with Crippen LogP contribution in [-0.4, -0.2) is 33.1 Å². The van der Waals surface area contributed by atoms with E-state index in [1.807, 2.05) is 0 Å². The minimum atomic E-state index is -2.85. The van der Waals surface area contributed by atoms with Gasteiger partial charge in [-0.3, -0.25) is 10.1 Å². The van der Waals surface area contributed by atoms with Gasteiger partial charge < -0.3 is 9.47 Å². The van der Waals surface area contributed by atoms with Crippen molar-refractivity contribution in [2.75, 3.05) is 7.11 Å². The lowest BCUT2D eigenvalue weighted by Gasteiger charge is -2.12. The molecular weight excluding hydrogens is 432 g/mol. The van der Waals surface area contributed by atoms with E-state index in [2.05, 4.69) is 15.3 Å². The number of hydrogen-bond donors (Lipinski definition) is 1. The predicted molar refractivity (Wildman–Crippen MR) is 111 cm³/mol. The molecule has 1 aromatic heterocycles. The fourth-order valence-corrected chi connectivity index (χ4v) is 2.90. The molecule has 0 unspecified atom stereocenters. The van der Waals surface area contributed by atoms with Crippen LogP contribution in [0.5, 0.6) is 11.5 Å². The normalized spacial score (nSPS) is 11.3. The summed E-state index contributed by atoms with van der Waals surface area (Å²) in [5.74, 6) is 0.00289.